The van der Waals surface area contributed by atoms with Crippen LogP contribution in [0.3, 0.4) is 0 Å². The van der Waals surface area contributed by atoms with Gasteiger partial charge in [-0.05, 0) is 31.4 Å². The van der Waals surface area contributed by atoms with E-state index in [0.717, 1.165) is 26.1 Å². The molecule has 1 amide bonds. The van der Waals surface area contributed by atoms with E-state index in [-0.39, 0.29) is 42.3 Å². The fourth-order valence-corrected chi connectivity index (χ4v) is 5.69. The van der Waals surface area contributed by atoms with Gasteiger partial charge in [0, 0.05) is 59.2 Å². The van der Waals surface area contributed by atoms with Crippen molar-refractivity contribution in [1.29, 1.82) is 0 Å². The van der Waals surface area contributed by atoms with Crippen molar-refractivity contribution in [3.8, 4) is 0 Å². The molecule has 2 fully saturated rings. The number of aliphatic hydroxyl groups is 1. The van der Waals surface area contributed by atoms with E-state index in [4.69, 9.17) is 9.90 Å². The lowest BCUT2D eigenvalue weighted by molar-refractivity contribution is -0.130. The molecule has 0 aromatic carbocycles. The van der Waals surface area contributed by atoms with Gasteiger partial charge in [-0.15, -0.1) is 11.3 Å². The highest BCUT2D eigenvalue weighted by Crippen LogP contribution is 2.43. The van der Waals surface area contributed by atoms with Gasteiger partial charge >= 0.3 is 0 Å². The van der Waals surface area contributed by atoms with Crippen molar-refractivity contribution in [2.75, 3.05) is 32.8 Å². The number of rotatable bonds is 6. The Kier molecular flexibility index (Phi) is 7.34. The van der Waals surface area contributed by atoms with E-state index in [1.807, 2.05) is 16.2 Å². The fraction of sp³-hybridized carbons (Fsp3) is 0.571. The number of carbonyl (C=O) groups excluding carboxylic acids is 1. The third-order valence-electron chi connectivity index (χ3n) is 6.36. The van der Waals surface area contributed by atoms with Crippen LogP contribution in [0.4, 0.5) is 0 Å². The number of aromatic amines is 2. The second-order valence-electron chi connectivity index (χ2n) is 8.35. The number of aryl methyl sites for hydroxylation is 2. The van der Waals surface area contributed by atoms with Crippen LogP contribution in [-0.2, 0) is 29.0 Å². The van der Waals surface area contributed by atoms with E-state index in [0.29, 0.717) is 24.3 Å². The molecule has 0 aliphatic carbocycles. The predicted octanol–water partition coefficient (Wildman–Crippen LogP) is 0.832. The number of aromatic nitrogens is 2. The zero-order valence-corrected chi connectivity index (χ0v) is 18.7. The number of thiophene rings is 1. The van der Waals surface area contributed by atoms with Crippen molar-refractivity contribution in [3.63, 3.8) is 0 Å². The summed E-state index contributed by atoms with van der Waals surface area (Å²) in [6.45, 7) is 7.64. The molecule has 2 aromatic heterocycles. The van der Waals surface area contributed by atoms with Gasteiger partial charge in [0.15, 0.2) is 0 Å². The number of nitrogens with one attached hydrogen (secondary N) is 2. The van der Waals surface area contributed by atoms with Crippen molar-refractivity contribution in [1.82, 2.24) is 20.0 Å². The molecule has 0 spiro atoms. The summed E-state index contributed by atoms with van der Waals surface area (Å²) in [5, 5.41) is 22.4. The molecule has 0 bridgehead atoms. The lowest BCUT2D eigenvalue weighted by atomic mass is 9.82. The summed E-state index contributed by atoms with van der Waals surface area (Å²) in [7, 11) is 0. The third kappa shape index (κ3) is 4.91. The van der Waals surface area contributed by atoms with Gasteiger partial charge < -0.3 is 20.2 Å². The van der Waals surface area contributed by atoms with Crippen LogP contribution in [0.2, 0.25) is 0 Å². The molecule has 4 heterocycles. The zero-order chi connectivity index (χ0) is 22.6. The van der Waals surface area contributed by atoms with E-state index in [1.54, 1.807) is 6.92 Å². The summed E-state index contributed by atoms with van der Waals surface area (Å²) < 4.78 is 0. The molecule has 170 valence electrons. The van der Waals surface area contributed by atoms with Crippen molar-refractivity contribution < 1.29 is 19.8 Å². The predicted molar refractivity (Wildman–Crippen MR) is 117 cm³/mol. The van der Waals surface area contributed by atoms with Crippen molar-refractivity contribution >= 4 is 23.7 Å². The molecule has 10 heteroatoms. The number of amides is 1. The van der Waals surface area contributed by atoms with Gasteiger partial charge in [-0.25, -0.2) is 0 Å². The maximum absolute atomic E-state index is 12.8. The molecule has 4 rings (SSSR count). The molecule has 2 atom stereocenters. The Hall–Kier alpha value is -2.43. The quantitative estimate of drug-likeness (QED) is 0.483. The number of carbonyl (C=O) groups is 2. The normalized spacial score (nSPS) is 22.8. The van der Waals surface area contributed by atoms with Crippen LogP contribution in [0.1, 0.15) is 27.9 Å². The molecule has 2 unspecified atom stereocenters. The Labute approximate surface area is 184 Å². The molecule has 2 aliphatic rings. The lowest BCUT2D eigenvalue weighted by Gasteiger charge is -2.27. The molecular weight excluding hydrogens is 420 g/mol. The topological polar surface area (TPSA) is 130 Å². The van der Waals surface area contributed by atoms with Crippen LogP contribution < -0.4 is 5.56 Å². The maximum atomic E-state index is 12.8. The summed E-state index contributed by atoms with van der Waals surface area (Å²) in [5.41, 5.74) is 0.741. The summed E-state index contributed by atoms with van der Waals surface area (Å²) in [4.78, 5) is 40.0. The van der Waals surface area contributed by atoms with Gasteiger partial charge in [-0.3, -0.25) is 24.4 Å². The Bertz CT molecular complexity index is 967. The summed E-state index contributed by atoms with van der Waals surface area (Å²) in [5.74, 6) is 0.241. The minimum atomic E-state index is -0.250. The SMILES string of the molecule is CCc1ccc(CN2CC3CN(C(=O)Cc4c(C)[nH][nH]c4=O)CC3(CO)C2)s1.O=CO. The maximum Gasteiger partial charge on any atom is 0.290 e. The highest BCUT2D eigenvalue weighted by Gasteiger charge is 2.53. The lowest BCUT2D eigenvalue weighted by Crippen LogP contribution is -2.39. The average Bonchev–Trinajstić information content (AvgIpc) is 3.48. The van der Waals surface area contributed by atoms with E-state index < -0.39 is 0 Å². The number of hydrogen-bond acceptors (Lipinski definition) is 6. The number of likely N-dealkylation sites (tertiary alicyclic amines) is 2. The molecule has 4 N–H and O–H groups in total. The first-order valence-corrected chi connectivity index (χ1v) is 11.2. The monoisotopic (exact) mass is 450 g/mol. The molecular formula is C21H30N4O5S. The van der Waals surface area contributed by atoms with Crippen LogP contribution in [0, 0.1) is 18.3 Å². The van der Waals surface area contributed by atoms with Crippen LogP contribution in [-0.4, -0.2) is 75.4 Å². The highest BCUT2D eigenvalue weighted by molar-refractivity contribution is 7.11. The first-order chi connectivity index (χ1) is 14.9. The molecule has 2 saturated heterocycles. The average molecular weight is 451 g/mol. The number of H-pyrrole nitrogens is 2. The Balaban J connectivity index is 0.000000858. The summed E-state index contributed by atoms with van der Waals surface area (Å²) >= 11 is 1.86. The molecule has 2 aliphatic heterocycles. The standard InChI is InChI=1S/C20H28N4O3S.CH2O2/c1-3-15-4-5-16(28-15)9-23-7-14-8-24(11-20(14,10-23)12-25)18(26)6-17-13(2)21-22-19(17)27;2-1-3/h4-5,14,25H,3,6-12H2,1-2H3,(H2,21,22,27);1H,(H,2,3). The highest BCUT2D eigenvalue weighted by atomic mass is 32.1. The number of carboxylic acid groups (broad SMARTS) is 1. The molecule has 0 saturated carbocycles. The van der Waals surface area contributed by atoms with Gasteiger partial charge in [-0.1, -0.05) is 6.92 Å². The van der Waals surface area contributed by atoms with Crippen LogP contribution in [0.5, 0.6) is 0 Å². The molecule has 9 nitrogen and oxygen atoms in total. The van der Waals surface area contributed by atoms with Crippen LogP contribution in [0.25, 0.3) is 0 Å². The second kappa shape index (κ2) is 9.80. The smallest absolute Gasteiger partial charge is 0.290 e. The number of nitrogens with zero attached hydrogens (tertiary/aromatic N) is 2. The van der Waals surface area contributed by atoms with Crippen molar-refractivity contribution in [2.45, 2.75) is 33.2 Å². The van der Waals surface area contributed by atoms with E-state index in [2.05, 4.69) is 34.2 Å². The van der Waals surface area contributed by atoms with Gasteiger partial charge in [0.05, 0.1) is 13.0 Å². The molecule has 2 aromatic rings. The van der Waals surface area contributed by atoms with Crippen molar-refractivity contribution in [2.24, 2.45) is 11.3 Å². The summed E-state index contributed by atoms with van der Waals surface area (Å²) in [6, 6.07) is 4.40. The Morgan fingerprint density at radius 1 is 1.29 bits per heavy atom. The minimum absolute atomic E-state index is 0.0344. The first-order valence-electron chi connectivity index (χ1n) is 10.4. The second-order valence-corrected chi connectivity index (χ2v) is 9.60. The van der Waals surface area contributed by atoms with E-state index >= 15 is 0 Å². The summed E-state index contributed by atoms with van der Waals surface area (Å²) in [6.07, 6.45) is 1.17. The number of hydrogen-bond donors (Lipinski definition) is 4. The minimum Gasteiger partial charge on any atom is -0.483 e. The van der Waals surface area contributed by atoms with Gasteiger partial charge in [0.25, 0.3) is 12.0 Å². The van der Waals surface area contributed by atoms with Crippen molar-refractivity contribution in [3.05, 3.63) is 43.5 Å². The van der Waals surface area contributed by atoms with E-state index in [1.165, 1.54) is 9.75 Å². The van der Waals surface area contributed by atoms with Crippen LogP contribution >= 0.6 is 11.3 Å². The Morgan fingerprint density at radius 2 is 2.00 bits per heavy atom. The van der Waals surface area contributed by atoms with E-state index in [9.17, 15) is 14.7 Å². The third-order valence-corrected chi connectivity index (χ3v) is 7.58. The molecule has 0 radical (unpaired) electrons. The zero-order valence-electron chi connectivity index (χ0n) is 17.9. The number of aliphatic hydroxyl groups excluding tert-OH is 1. The fourth-order valence-electron chi connectivity index (χ4n) is 4.69. The van der Waals surface area contributed by atoms with Gasteiger partial charge in [0.1, 0.15) is 0 Å². The van der Waals surface area contributed by atoms with Gasteiger partial charge in [0.2, 0.25) is 5.91 Å². The van der Waals surface area contributed by atoms with Crippen LogP contribution in [0.15, 0.2) is 16.9 Å². The first kappa shape index (κ1) is 23.2. The molecule has 31 heavy (non-hydrogen) atoms. The number of fused-ring (bicyclic) bond motifs is 1. The van der Waals surface area contributed by atoms with Gasteiger partial charge in [-0.2, -0.15) is 0 Å². The Morgan fingerprint density at radius 3 is 2.55 bits per heavy atom. The largest absolute Gasteiger partial charge is 0.483 e.